The highest BCUT2D eigenvalue weighted by Gasteiger charge is 2.26. The summed E-state index contributed by atoms with van der Waals surface area (Å²) in [4.78, 5) is 54.5. The summed E-state index contributed by atoms with van der Waals surface area (Å²) in [6, 6.07) is 0. The van der Waals surface area contributed by atoms with Crippen LogP contribution in [0.5, 0.6) is 0 Å². The highest BCUT2D eigenvalue weighted by atomic mass is 16.5. The van der Waals surface area contributed by atoms with Crippen LogP contribution in [0.25, 0.3) is 11.2 Å². The molecule has 28 heavy (non-hydrogen) atoms. The summed E-state index contributed by atoms with van der Waals surface area (Å²) in [6.07, 6.45) is 3.05. The van der Waals surface area contributed by atoms with Crippen molar-refractivity contribution in [3.8, 4) is 0 Å². The molecule has 9 nitrogen and oxygen atoms in total. The van der Waals surface area contributed by atoms with Crippen molar-refractivity contribution in [1.29, 1.82) is 0 Å². The third kappa shape index (κ3) is 4.23. The first-order valence-corrected chi connectivity index (χ1v) is 9.77. The maximum absolute atomic E-state index is 13.1. The number of aryl methyl sites for hydroxylation is 1. The fourth-order valence-electron chi connectivity index (χ4n) is 3.05. The molecule has 0 aliphatic carbocycles. The van der Waals surface area contributed by atoms with Gasteiger partial charge in [-0.05, 0) is 26.7 Å². The van der Waals surface area contributed by atoms with Crippen LogP contribution < -0.4 is 11.2 Å². The first kappa shape index (κ1) is 21.6. The first-order valence-electron chi connectivity index (χ1n) is 9.77. The molecule has 2 aromatic heterocycles. The van der Waals surface area contributed by atoms with Crippen LogP contribution in [0, 0.1) is 0 Å². The van der Waals surface area contributed by atoms with E-state index in [2.05, 4.69) is 4.98 Å². The van der Waals surface area contributed by atoms with E-state index in [1.807, 2.05) is 13.8 Å². The smallest absolute Gasteiger partial charge is 0.374 e. The SMILES string of the molecule is CCCCn1c(=O)c2c(nc(C(=O)OCC)n2CC(C)=O)n(CCCC)c1=O. The average Bonchev–Trinajstić information content (AvgIpc) is 3.00. The van der Waals surface area contributed by atoms with Gasteiger partial charge in [0, 0.05) is 13.1 Å². The van der Waals surface area contributed by atoms with E-state index >= 15 is 0 Å². The lowest BCUT2D eigenvalue weighted by Gasteiger charge is -2.12. The van der Waals surface area contributed by atoms with E-state index in [9.17, 15) is 19.2 Å². The number of carbonyl (C=O) groups is 2. The summed E-state index contributed by atoms with van der Waals surface area (Å²) in [5.41, 5.74) is -0.765. The van der Waals surface area contributed by atoms with E-state index < -0.39 is 17.2 Å². The molecule has 9 heteroatoms. The van der Waals surface area contributed by atoms with Gasteiger partial charge >= 0.3 is 11.7 Å². The van der Waals surface area contributed by atoms with Gasteiger partial charge in [-0.2, -0.15) is 0 Å². The maximum Gasteiger partial charge on any atom is 0.374 e. The molecule has 0 fully saturated rings. The van der Waals surface area contributed by atoms with Gasteiger partial charge in [0.1, 0.15) is 5.78 Å². The van der Waals surface area contributed by atoms with E-state index in [0.29, 0.717) is 13.0 Å². The molecule has 0 radical (unpaired) electrons. The molecule has 0 bridgehead atoms. The number of nitrogens with zero attached hydrogens (tertiary/aromatic N) is 4. The molecule has 0 atom stereocenters. The topological polar surface area (TPSA) is 105 Å². The molecule has 0 amide bonds. The largest absolute Gasteiger partial charge is 0.460 e. The monoisotopic (exact) mass is 392 g/mol. The van der Waals surface area contributed by atoms with Gasteiger partial charge in [0.15, 0.2) is 11.2 Å². The number of rotatable bonds is 10. The molecular weight excluding hydrogens is 364 g/mol. The highest BCUT2D eigenvalue weighted by molar-refractivity contribution is 5.91. The molecule has 0 aliphatic rings. The van der Waals surface area contributed by atoms with Crippen LogP contribution in [0.15, 0.2) is 9.59 Å². The second-order valence-electron chi connectivity index (χ2n) is 6.71. The van der Waals surface area contributed by atoms with E-state index in [0.717, 1.165) is 19.3 Å². The van der Waals surface area contributed by atoms with Crippen molar-refractivity contribution >= 4 is 22.9 Å². The lowest BCUT2D eigenvalue weighted by Crippen LogP contribution is -2.41. The Kier molecular flexibility index (Phi) is 7.31. The van der Waals surface area contributed by atoms with Crippen LogP contribution in [0.3, 0.4) is 0 Å². The van der Waals surface area contributed by atoms with Gasteiger partial charge in [0.2, 0.25) is 5.82 Å². The summed E-state index contributed by atoms with van der Waals surface area (Å²) < 4.78 is 8.92. The zero-order valence-electron chi connectivity index (χ0n) is 17.0. The number of hydrogen-bond acceptors (Lipinski definition) is 6. The van der Waals surface area contributed by atoms with E-state index in [-0.39, 0.29) is 42.5 Å². The normalized spacial score (nSPS) is 11.1. The van der Waals surface area contributed by atoms with Crippen LogP contribution in [0.4, 0.5) is 0 Å². The zero-order chi connectivity index (χ0) is 20.8. The standard InChI is InChI=1S/C19H28N4O5/c1-5-8-10-21-15-14(17(25)22(19(21)27)11-9-6-2)23(12-13(4)24)16(20-15)18(26)28-7-3/h5-12H2,1-4H3. The number of imidazole rings is 1. The third-order valence-corrected chi connectivity index (χ3v) is 4.42. The Morgan fingerprint density at radius 2 is 1.57 bits per heavy atom. The summed E-state index contributed by atoms with van der Waals surface area (Å²) in [5.74, 6) is -1.10. The molecule has 154 valence electrons. The Labute approximate surface area is 162 Å². The zero-order valence-corrected chi connectivity index (χ0v) is 17.0. The Morgan fingerprint density at radius 3 is 2.11 bits per heavy atom. The number of ketones is 1. The number of Topliss-reactive ketones (excluding diaryl/α,β-unsaturated/α-hetero) is 1. The molecule has 2 rings (SSSR count). The van der Waals surface area contributed by atoms with Crippen molar-refractivity contribution in [3.63, 3.8) is 0 Å². The fraction of sp³-hybridized carbons (Fsp3) is 0.632. The molecule has 0 aromatic carbocycles. The molecule has 0 N–H and O–H groups in total. The van der Waals surface area contributed by atoms with Crippen molar-refractivity contribution in [2.75, 3.05) is 6.61 Å². The van der Waals surface area contributed by atoms with Crippen LogP contribution in [-0.4, -0.2) is 37.0 Å². The molecule has 0 spiro atoms. The lowest BCUT2D eigenvalue weighted by molar-refractivity contribution is -0.117. The minimum absolute atomic E-state index is 0.0880. The van der Waals surface area contributed by atoms with Crippen molar-refractivity contribution in [2.45, 2.75) is 73.0 Å². The maximum atomic E-state index is 13.1. The molecule has 2 aromatic rings. The lowest BCUT2D eigenvalue weighted by atomic mass is 10.3. The number of aromatic nitrogens is 4. The van der Waals surface area contributed by atoms with Crippen molar-refractivity contribution < 1.29 is 14.3 Å². The number of esters is 1. The predicted molar refractivity (Wildman–Crippen MR) is 105 cm³/mol. The molecule has 0 unspecified atom stereocenters. The second kappa shape index (κ2) is 9.48. The first-order chi connectivity index (χ1) is 13.4. The fourth-order valence-corrected chi connectivity index (χ4v) is 3.05. The Morgan fingerprint density at radius 1 is 0.964 bits per heavy atom. The Bertz CT molecular complexity index is 983. The molecular formula is C19H28N4O5. The van der Waals surface area contributed by atoms with Crippen molar-refractivity contribution in [1.82, 2.24) is 18.7 Å². The van der Waals surface area contributed by atoms with Gasteiger partial charge < -0.3 is 9.30 Å². The van der Waals surface area contributed by atoms with Gasteiger partial charge in [-0.1, -0.05) is 26.7 Å². The van der Waals surface area contributed by atoms with Crippen LogP contribution >= 0.6 is 0 Å². The van der Waals surface area contributed by atoms with Crippen LogP contribution in [0.2, 0.25) is 0 Å². The molecule has 0 saturated heterocycles. The van der Waals surface area contributed by atoms with E-state index in [1.54, 1.807) is 6.92 Å². The van der Waals surface area contributed by atoms with Crippen LogP contribution in [0.1, 0.15) is 64.0 Å². The Hall–Kier alpha value is -2.71. The van der Waals surface area contributed by atoms with E-state index in [4.69, 9.17) is 4.74 Å². The minimum atomic E-state index is -0.728. The Balaban J connectivity index is 2.89. The number of ether oxygens (including phenoxy) is 1. The quantitative estimate of drug-likeness (QED) is 0.570. The minimum Gasteiger partial charge on any atom is -0.460 e. The van der Waals surface area contributed by atoms with Gasteiger partial charge in [0.25, 0.3) is 5.56 Å². The number of fused-ring (bicyclic) bond motifs is 1. The molecule has 2 heterocycles. The predicted octanol–water partition coefficient (Wildman–Crippen LogP) is 1.73. The summed E-state index contributed by atoms with van der Waals surface area (Å²) in [6.45, 7) is 7.57. The highest BCUT2D eigenvalue weighted by Crippen LogP contribution is 2.14. The molecule has 0 aliphatic heterocycles. The average molecular weight is 392 g/mol. The van der Waals surface area contributed by atoms with Crippen molar-refractivity contribution in [3.05, 3.63) is 26.7 Å². The summed E-state index contributed by atoms with van der Waals surface area (Å²) in [7, 11) is 0. The van der Waals surface area contributed by atoms with Crippen molar-refractivity contribution in [2.24, 2.45) is 0 Å². The summed E-state index contributed by atoms with van der Waals surface area (Å²) >= 11 is 0. The van der Waals surface area contributed by atoms with Gasteiger partial charge in [-0.3, -0.25) is 18.7 Å². The number of carbonyl (C=O) groups excluding carboxylic acids is 2. The van der Waals surface area contributed by atoms with Gasteiger partial charge in [-0.25, -0.2) is 14.6 Å². The number of hydrogen-bond donors (Lipinski definition) is 0. The second-order valence-corrected chi connectivity index (χ2v) is 6.71. The molecule has 0 saturated carbocycles. The third-order valence-electron chi connectivity index (χ3n) is 4.42. The van der Waals surface area contributed by atoms with Gasteiger partial charge in [0.05, 0.1) is 13.2 Å². The van der Waals surface area contributed by atoms with E-state index in [1.165, 1.54) is 20.6 Å². The number of unbranched alkanes of at least 4 members (excludes halogenated alkanes) is 2. The summed E-state index contributed by atoms with van der Waals surface area (Å²) in [5, 5.41) is 0. The van der Waals surface area contributed by atoms with Gasteiger partial charge in [-0.15, -0.1) is 0 Å². The van der Waals surface area contributed by atoms with Crippen LogP contribution in [-0.2, 0) is 29.2 Å².